The van der Waals surface area contributed by atoms with Gasteiger partial charge in [-0.3, -0.25) is 4.79 Å². The Morgan fingerprint density at radius 3 is 2.67 bits per heavy atom. The molecule has 0 aromatic heterocycles. The van der Waals surface area contributed by atoms with Crippen molar-refractivity contribution in [2.45, 2.75) is 6.92 Å². The van der Waals surface area contributed by atoms with Gasteiger partial charge in [0.05, 0.1) is 18.4 Å². The number of ether oxygens (including phenoxy) is 1. The summed E-state index contributed by atoms with van der Waals surface area (Å²) in [5.74, 6) is -0.250. The molecule has 0 heterocycles. The molecule has 3 N–H and O–H groups in total. The highest BCUT2D eigenvalue weighted by atomic mass is 32.2. The maximum Gasteiger partial charge on any atom is 0.255 e. The molecule has 0 aliphatic carbocycles. The van der Waals surface area contributed by atoms with Crippen molar-refractivity contribution in [3.63, 3.8) is 0 Å². The van der Waals surface area contributed by atoms with Crippen molar-refractivity contribution in [2.24, 2.45) is 5.14 Å². The summed E-state index contributed by atoms with van der Waals surface area (Å²) in [6.45, 7) is 1.81. The number of nitrogens with one attached hydrogen (secondary N) is 1. The molecular weight excluding hydrogens is 256 g/mol. The predicted octanol–water partition coefficient (Wildman–Crippen LogP) is 0.0219. The van der Waals surface area contributed by atoms with Gasteiger partial charge in [0.15, 0.2) is 0 Å². The van der Waals surface area contributed by atoms with Gasteiger partial charge in [-0.2, -0.15) is 0 Å². The monoisotopic (exact) mass is 272 g/mol. The molecule has 0 saturated carbocycles. The second-order valence-electron chi connectivity index (χ2n) is 3.83. The predicted molar refractivity (Wildman–Crippen MR) is 68.0 cm³/mol. The van der Waals surface area contributed by atoms with E-state index in [0.29, 0.717) is 11.3 Å². The van der Waals surface area contributed by atoms with Crippen LogP contribution in [0.15, 0.2) is 18.2 Å². The van der Waals surface area contributed by atoms with E-state index in [1.165, 1.54) is 7.11 Å². The largest absolute Gasteiger partial charge is 0.496 e. The van der Waals surface area contributed by atoms with Crippen LogP contribution in [-0.2, 0) is 10.0 Å². The van der Waals surface area contributed by atoms with Crippen LogP contribution in [0, 0.1) is 6.92 Å². The van der Waals surface area contributed by atoms with E-state index < -0.39 is 10.0 Å². The lowest BCUT2D eigenvalue weighted by Gasteiger charge is -2.09. The van der Waals surface area contributed by atoms with Crippen LogP contribution >= 0.6 is 0 Å². The quantitative estimate of drug-likeness (QED) is 0.789. The third-order valence-corrected chi connectivity index (χ3v) is 3.04. The molecule has 0 unspecified atom stereocenters. The van der Waals surface area contributed by atoms with E-state index in [1.807, 2.05) is 13.0 Å². The molecule has 0 spiro atoms. The van der Waals surface area contributed by atoms with Crippen molar-refractivity contribution < 1.29 is 17.9 Å². The molecule has 18 heavy (non-hydrogen) atoms. The van der Waals surface area contributed by atoms with E-state index in [9.17, 15) is 13.2 Å². The van der Waals surface area contributed by atoms with Crippen LogP contribution < -0.4 is 15.2 Å². The number of sulfonamides is 1. The van der Waals surface area contributed by atoms with Crippen LogP contribution in [-0.4, -0.2) is 33.7 Å². The summed E-state index contributed by atoms with van der Waals surface area (Å²) in [6, 6.07) is 5.18. The van der Waals surface area contributed by atoms with Crippen LogP contribution in [0.5, 0.6) is 5.75 Å². The van der Waals surface area contributed by atoms with E-state index in [2.05, 4.69) is 5.32 Å². The van der Waals surface area contributed by atoms with E-state index in [4.69, 9.17) is 9.88 Å². The van der Waals surface area contributed by atoms with E-state index >= 15 is 0 Å². The van der Waals surface area contributed by atoms with Gasteiger partial charge in [0.25, 0.3) is 5.91 Å². The number of nitrogens with two attached hydrogens (primary N) is 1. The van der Waals surface area contributed by atoms with Gasteiger partial charge < -0.3 is 10.1 Å². The fraction of sp³-hybridized carbons (Fsp3) is 0.364. The van der Waals surface area contributed by atoms with Gasteiger partial charge in [0.2, 0.25) is 10.0 Å². The van der Waals surface area contributed by atoms with E-state index in [-0.39, 0.29) is 18.2 Å². The highest BCUT2D eigenvalue weighted by Crippen LogP contribution is 2.19. The Bertz CT molecular complexity index is 540. The molecule has 0 saturated heterocycles. The first-order valence-corrected chi connectivity index (χ1v) is 6.98. The van der Waals surface area contributed by atoms with Gasteiger partial charge in [-0.05, 0) is 19.1 Å². The van der Waals surface area contributed by atoms with E-state index in [1.54, 1.807) is 12.1 Å². The first-order chi connectivity index (χ1) is 8.33. The fourth-order valence-corrected chi connectivity index (χ4v) is 1.79. The van der Waals surface area contributed by atoms with Crippen LogP contribution in [0.25, 0.3) is 0 Å². The van der Waals surface area contributed by atoms with Gasteiger partial charge in [0, 0.05) is 6.54 Å². The highest BCUT2D eigenvalue weighted by molar-refractivity contribution is 7.89. The summed E-state index contributed by atoms with van der Waals surface area (Å²) in [6.07, 6.45) is 0. The Morgan fingerprint density at radius 2 is 2.11 bits per heavy atom. The molecule has 1 aromatic carbocycles. The molecule has 1 rings (SSSR count). The lowest BCUT2D eigenvalue weighted by Crippen LogP contribution is -2.31. The van der Waals surface area contributed by atoms with Gasteiger partial charge in [-0.15, -0.1) is 0 Å². The average Bonchev–Trinajstić information content (AvgIpc) is 2.27. The summed E-state index contributed by atoms with van der Waals surface area (Å²) in [5.41, 5.74) is 1.28. The molecule has 100 valence electrons. The zero-order valence-corrected chi connectivity index (χ0v) is 11.1. The Kier molecular flexibility index (Phi) is 4.69. The van der Waals surface area contributed by atoms with Crippen LogP contribution in [0.1, 0.15) is 15.9 Å². The molecule has 7 heteroatoms. The number of primary sulfonamides is 1. The molecule has 0 fully saturated rings. The summed E-state index contributed by atoms with van der Waals surface area (Å²) >= 11 is 0. The van der Waals surface area contributed by atoms with Gasteiger partial charge in [0.1, 0.15) is 5.75 Å². The van der Waals surface area contributed by atoms with Crippen molar-refractivity contribution >= 4 is 15.9 Å². The Balaban J connectivity index is 2.75. The maximum absolute atomic E-state index is 11.8. The topological polar surface area (TPSA) is 98.5 Å². The molecule has 1 amide bonds. The Labute approximate surface area is 106 Å². The zero-order valence-electron chi connectivity index (χ0n) is 10.3. The number of rotatable bonds is 5. The van der Waals surface area contributed by atoms with Gasteiger partial charge in [-0.25, -0.2) is 13.6 Å². The molecule has 1 aromatic rings. The highest BCUT2D eigenvalue weighted by Gasteiger charge is 2.12. The van der Waals surface area contributed by atoms with Crippen LogP contribution in [0.3, 0.4) is 0 Å². The summed E-state index contributed by atoms with van der Waals surface area (Å²) in [5, 5.41) is 7.32. The molecule has 0 bridgehead atoms. The molecule has 0 atom stereocenters. The van der Waals surface area contributed by atoms with E-state index in [0.717, 1.165) is 5.56 Å². The summed E-state index contributed by atoms with van der Waals surface area (Å²) < 4.78 is 26.5. The van der Waals surface area contributed by atoms with Crippen LogP contribution in [0.4, 0.5) is 0 Å². The first-order valence-electron chi connectivity index (χ1n) is 5.27. The second-order valence-corrected chi connectivity index (χ2v) is 5.56. The smallest absolute Gasteiger partial charge is 0.255 e. The number of amides is 1. The van der Waals surface area contributed by atoms with Gasteiger partial charge >= 0.3 is 0 Å². The molecule has 0 aliphatic rings. The molecule has 0 aliphatic heterocycles. The third-order valence-electron chi connectivity index (χ3n) is 2.27. The lowest BCUT2D eigenvalue weighted by molar-refractivity contribution is 0.0953. The molecule has 0 radical (unpaired) electrons. The SMILES string of the molecule is COc1ccc(C)cc1C(=O)NCCS(N)(=O)=O. The molecule has 6 nitrogen and oxygen atoms in total. The standard InChI is InChI=1S/C11H16N2O4S/c1-8-3-4-10(17-2)9(7-8)11(14)13-5-6-18(12,15)16/h3-4,7H,5-6H2,1-2H3,(H,13,14)(H2,12,15,16). The fourth-order valence-electron chi connectivity index (χ4n) is 1.40. The lowest BCUT2D eigenvalue weighted by atomic mass is 10.1. The van der Waals surface area contributed by atoms with Crippen molar-refractivity contribution in [3.8, 4) is 5.75 Å². The number of carbonyl (C=O) groups excluding carboxylic acids is 1. The summed E-state index contributed by atoms with van der Waals surface area (Å²) in [7, 11) is -2.11. The van der Waals surface area contributed by atoms with Gasteiger partial charge in [-0.1, -0.05) is 11.6 Å². The number of hydrogen-bond acceptors (Lipinski definition) is 4. The first kappa shape index (κ1) is 14.5. The van der Waals surface area contributed by atoms with Crippen molar-refractivity contribution in [1.82, 2.24) is 5.32 Å². The normalized spacial score (nSPS) is 11.1. The Morgan fingerprint density at radius 1 is 1.44 bits per heavy atom. The summed E-state index contributed by atoms with van der Waals surface area (Å²) in [4.78, 5) is 11.8. The number of benzene rings is 1. The maximum atomic E-state index is 11.8. The number of methoxy groups -OCH3 is 1. The minimum Gasteiger partial charge on any atom is -0.496 e. The average molecular weight is 272 g/mol. The second kappa shape index (κ2) is 5.83. The Hall–Kier alpha value is -1.60. The zero-order chi connectivity index (χ0) is 13.8. The molecular formula is C11H16N2O4S. The number of hydrogen-bond donors (Lipinski definition) is 2. The van der Waals surface area contributed by atoms with Crippen molar-refractivity contribution in [3.05, 3.63) is 29.3 Å². The van der Waals surface area contributed by atoms with Crippen molar-refractivity contribution in [1.29, 1.82) is 0 Å². The minimum absolute atomic E-state index is 0.0330. The number of aryl methyl sites for hydroxylation is 1. The number of carbonyl (C=O) groups is 1. The van der Waals surface area contributed by atoms with Crippen molar-refractivity contribution in [2.75, 3.05) is 19.4 Å². The third kappa shape index (κ3) is 4.34. The van der Waals surface area contributed by atoms with Crippen LogP contribution in [0.2, 0.25) is 0 Å². The minimum atomic E-state index is -3.57.